The SMILES string of the molecule is CC(NC(=O)c1ccccc1NC(=S)NC(=O)/C=C/c1ccccc1Cl)c1ccccc1. The molecule has 0 radical (unpaired) electrons. The Balaban J connectivity index is 1.62. The van der Waals surface area contributed by atoms with Gasteiger partial charge >= 0.3 is 0 Å². The largest absolute Gasteiger partial charge is 0.345 e. The first-order valence-electron chi connectivity index (χ1n) is 9.93. The molecule has 1 unspecified atom stereocenters. The number of carbonyl (C=O) groups excluding carboxylic acids is 2. The van der Waals surface area contributed by atoms with Gasteiger partial charge in [0.1, 0.15) is 0 Å². The van der Waals surface area contributed by atoms with Gasteiger partial charge in [-0.05, 0) is 54.5 Å². The van der Waals surface area contributed by atoms with Crippen LogP contribution in [0.4, 0.5) is 5.69 Å². The zero-order valence-electron chi connectivity index (χ0n) is 17.3. The highest BCUT2D eigenvalue weighted by Crippen LogP contribution is 2.18. The monoisotopic (exact) mass is 463 g/mol. The second-order valence-corrected chi connectivity index (χ2v) is 7.77. The molecule has 0 heterocycles. The van der Waals surface area contributed by atoms with Crippen LogP contribution in [-0.2, 0) is 4.79 Å². The highest BCUT2D eigenvalue weighted by Gasteiger charge is 2.15. The molecule has 3 aromatic rings. The second-order valence-electron chi connectivity index (χ2n) is 6.95. The number of carbonyl (C=O) groups is 2. The average molecular weight is 464 g/mol. The lowest BCUT2D eigenvalue weighted by Crippen LogP contribution is -2.34. The van der Waals surface area contributed by atoms with Gasteiger partial charge in [-0.2, -0.15) is 0 Å². The van der Waals surface area contributed by atoms with Crippen molar-refractivity contribution in [2.75, 3.05) is 5.32 Å². The Morgan fingerprint density at radius 2 is 1.59 bits per heavy atom. The van der Waals surface area contributed by atoms with Crippen LogP contribution >= 0.6 is 23.8 Å². The van der Waals surface area contributed by atoms with Crippen LogP contribution in [0.15, 0.2) is 84.9 Å². The highest BCUT2D eigenvalue weighted by molar-refractivity contribution is 7.80. The number of nitrogens with one attached hydrogen (secondary N) is 3. The quantitative estimate of drug-likeness (QED) is 0.340. The van der Waals surface area contributed by atoms with E-state index < -0.39 is 5.91 Å². The number of hydrogen-bond donors (Lipinski definition) is 3. The van der Waals surface area contributed by atoms with Crippen LogP contribution in [0.25, 0.3) is 6.08 Å². The van der Waals surface area contributed by atoms with Crippen LogP contribution in [0, 0.1) is 0 Å². The van der Waals surface area contributed by atoms with Crippen molar-refractivity contribution in [1.82, 2.24) is 10.6 Å². The molecular formula is C25H22ClN3O2S. The Bertz CT molecular complexity index is 1150. The van der Waals surface area contributed by atoms with E-state index in [0.717, 1.165) is 11.1 Å². The fourth-order valence-corrected chi connectivity index (χ4v) is 3.38. The van der Waals surface area contributed by atoms with Crippen molar-refractivity contribution in [3.8, 4) is 0 Å². The molecule has 0 saturated heterocycles. The Labute approximate surface area is 197 Å². The first-order valence-corrected chi connectivity index (χ1v) is 10.7. The lowest BCUT2D eigenvalue weighted by Gasteiger charge is -2.17. The fourth-order valence-electron chi connectivity index (χ4n) is 2.97. The maximum absolute atomic E-state index is 12.8. The molecule has 0 fully saturated rings. The molecule has 0 aromatic heterocycles. The van der Waals surface area contributed by atoms with Gasteiger partial charge in [0.2, 0.25) is 5.91 Å². The molecule has 0 aliphatic carbocycles. The molecule has 7 heteroatoms. The number of anilines is 1. The molecule has 5 nitrogen and oxygen atoms in total. The molecule has 0 aliphatic heterocycles. The summed E-state index contributed by atoms with van der Waals surface area (Å²) in [6.45, 7) is 1.92. The predicted octanol–water partition coefficient (Wildman–Crippen LogP) is 5.36. The molecule has 2 amide bonds. The zero-order valence-corrected chi connectivity index (χ0v) is 18.9. The third-order valence-electron chi connectivity index (χ3n) is 4.62. The van der Waals surface area contributed by atoms with Gasteiger partial charge in [-0.25, -0.2) is 0 Å². The molecule has 1 atom stereocenters. The van der Waals surface area contributed by atoms with Crippen molar-refractivity contribution in [3.05, 3.63) is 107 Å². The standard InChI is InChI=1S/C25H22ClN3O2S/c1-17(18-9-3-2-4-10-18)27-24(31)20-12-6-8-14-22(20)28-25(32)29-23(30)16-15-19-11-5-7-13-21(19)26/h2-17H,1H3,(H,27,31)(H2,28,29,30,32)/b16-15+. The van der Waals surface area contributed by atoms with E-state index in [2.05, 4.69) is 16.0 Å². The van der Waals surface area contributed by atoms with E-state index in [1.165, 1.54) is 6.08 Å². The second kappa shape index (κ2) is 11.2. The average Bonchev–Trinajstić information content (AvgIpc) is 2.79. The fraction of sp³-hybridized carbons (Fsp3) is 0.0800. The van der Waals surface area contributed by atoms with Crippen molar-refractivity contribution in [2.24, 2.45) is 0 Å². The third kappa shape index (κ3) is 6.51. The van der Waals surface area contributed by atoms with Crippen molar-refractivity contribution < 1.29 is 9.59 Å². The molecule has 3 aromatic carbocycles. The molecule has 3 N–H and O–H groups in total. The van der Waals surface area contributed by atoms with E-state index in [0.29, 0.717) is 16.3 Å². The van der Waals surface area contributed by atoms with E-state index in [4.69, 9.17) is 23.8 Å². The summed E-state index contributed by atoms with van der Waals surface area (Å²) >= 11 is 11.3. The number of para-hydroxylation sites is 1. The number of thiocarbonyl (C=S) groups is 1. The molecule has 3 rings (SSSR count). The van der Waals surface area contributed by atoms with Gasteiger partial charge in [0.15, 0.2) is 5.11 Å². The van der Waals surface area contributed by atoms with Crippen molar-refractivity contribution in [3.63, 3.8) is 0 Å². The first kappa shape index (κ1) is 23.2. The molecule has 32 heavy (non-hydrogen) atoms. The van der Waals surface area contributed by atoms with Crippen molar-refractivity contribution in [1.29, 1.82) is 0 Å². The smallest absolute Gasteiger partial charge is 0.253 e. The third-order valence-corrected chi connectivity index (χ3v) is 5.17. The summed E-state index contributed by atoms with van der Waals surface area (Å²) in [4.78, 5) is 25.0. The molecule has 0 aliphatic rings. The van der Waals surface area contributed by atoms with Crippen molar-refractivity contribution >= 4 is 52.5 Å². The van der Waals surface area contributed by atoms with E-state index >= 15 is 0 Å². The van der Waals surface area contributed by atoms with Gasteiger partial charge in [-0.15, -0.1) is 0 Å². The van der Waals surface area contributed by atoms with Crippen LogP contribution in [0.1, 0.15) is 34.5 Å². The number of rotatable bonds is 6. The molecule has 0 spiro atoms. The Morgan fingerprint density at radius 3 is 2.34 bits per heavy atom. The Kier molecular flexibility index (Phi) is 8.14. The van der Waals surface area contributed by atoms with Gasteiger partial charge in [0.25, 0.3) is 5.91 Å². The van der Waals surface area contributed by atoms with Crippen LogP contribution in [0.3, 0.4) is 0 Å². The number of hydrogen-bond acceptors (Lipinski definition) is 3. The Morgan fingerprint density at radius 1 is 0.938 bits per heavy atom. The van der Waals surface area contributed by atoms with Crippen LogP contribution in [-0.4, -0.2) is 16.9 Å². The van der Waals surface area contributed by atoms with Crippen LogP contribution in [0.2, 0.25) is 5.02 Å². The molecule has 0 bridgehead atoms. The van der Waals surface area contributed by atoms with Crippen LogP contribution < -0.4 is 16.0 Å². The van der Waals surface area contributed by atoms with E-state index in [1.54, 1.807) is 42.5 Å². The summed E-state index contributed by atoms with van der Waals surface area (Å²) in [5, 5.41) is 9.09. The lowest BCUT2D eigenvalue weighted by atomic mass is 10.1. The lowest BCUT2D eigenvalue weighted by molar-refractivity contribution is -0.115. The van der Waals surface area contributed by atoms with Crippen molar-refractivity contribution in [2.45, 2.75) is 13.0 Å². The van der Waals surface area contributed by atoms with Gasteiger partial charge in [-0.1, -0.05) is 72.3 Å². The molecule has 162 valence electrons. The topological polar surface area (TPSA) is 70.2 Å². The molecular weight excluding hydrogens is 442 g/mol. The zero-order chi connectivity index (χ0) is 22.9. The number of halogens is 1. The maximum Gasteiger partial charge on any atom is 0.253 e. The first-order chi connectivity index (χ1) is 15.4. The summed E-state index contributed by atoms with van der Waals surface area (Å²) in [5.41, 5.74) is 2.63. The minimum absolute atomic E-state index is 0.0789. The summed E-state index contributed by atoms with van der Waals surface area (Å²) in [6, 6.07) is 23.7. The number of amides is 2. The van der Waals surface area contributed by atoms with Crippen LogP contribution in [0.5, 0.6) is 0 Å². The van der Waals surface area contributed by atoms with Gasteiger partial charge in [-0.3, -0.25) is 14.9 Å². The van der Waals surface area contributed by atoms with Gasteiger partial charge in [0.05, 0.1) is 17.3 Å². The minimum Gasteiger partial charge on any atom is -0.345 e. The Hall–Kier alpha value is -3.48. The number of benzene rings is 3. The molecule has 0 saturated carbocycles. The summed E-state index contributed by atoms with van der Waals surface area (Å²) in [7, 11) is 0. The van der Waals surface area contributed by atoms with Gasteiger partial charge in [0, 0.05) is 11.1 Å². The normalized spacial score (nSPS) is 11.6. The van der Waals surface area contributed by atoms with E-state index in [9.17, 15) is 9.59 Å². The maximum atomic E-state index is 12.8. The minimum atomic E-state index is -0.415. The summed E-state index contributed by atoms with van der Waals surface area (Å²) in [5.74, 6) is -0.667. The highest BCUT2D eigenvalue weighted by atomic mass is 35.5. The summed E-state index contributed by atoms with van der Waals surface area (Å²) in [6.07, 6.45) is 2.95. The van der Waals surface area contributed by atoms with E-state index in [-0.39, 0.29) is 17.1 Å². The predicted molar refractivity (Wildman–Crippen MR) is 134 cm³/mol. The van der Waals surface area contributed by atoms with Gasteiger partial charge < -0.3 is 10.6 Å². The van der Waals surface area contributed by atoms with E-state index in [1.807, 2.05) is 49.4 Å². The summed E-state index contributed by atoms with van der Waals surface area (Å²) < 4.78 is 0.